The first kappa shape index (κ1) is 27.6. The molecule has 0 spiro atoms. The van der Waals surface area contributed by atoms with Crippen LogP contribution in [0, 0.1) is 5.82 Å². The number of benzene rings is 2. The van der Waals surface area contributed by atoms with Gasteiger partial charge >= 0.3 is 6.18 Å². The quantitative estimate of drug-likeness (QED) is 0.208. The summed E-state index contributed by atoms with van der Waals surface area (Å²) in [4.78, 5) is 17.5. The van der Waals surface area contributed by atoms with E-state index in [1.807, 2.05) is 26.0 Å². The molecule has 0 atom stereocenters. The summed E-state index contributed by atoms with van der Waals surface area (Å²) < 4.78 is 58.0. The molecule has 0 aliphatic heterocycles. The summed E-state index contributed by atoms with van der Waals surface area (Å²) in [6, 6.07) is 12.1. The Bertz CT molecular complexity index is 1710. The Hall–Kier alpha value is -3.96. The first-order valence-corrected chi connectivity index (χ1v) is 12.7. The molecule has 3 heterocycles. The van der Waals surface area contributed by atoms with Crippen LogP contribution < -0.4 is 5.32 Å². The minimum atomic E-state index is -4.77. The number of carbonyl (C=O) groups excluding carboxylic acids is 1. The zero-order valence-corrected chi connectivity index (χ0v) is 22.5. The van der Waals surface area contributed by atoms with Crippen LogP contribution in [0.5, 0.6) is 0 Å². The molecule has 0 aliphatic carbocycles. The van der Waals surface area contributed by atoms with Crippen LogP contribution >= 0.6 is 23.2 Å². The Morgan fingerprint density at radius 2 is 1.80 bits per heavy atom. The van der Waals surface area contributed by atoms with E-state index in [0.29, 0.717) is 10.1 Å². The molecule has 2 aromatic carbocycles. The van der Waals surface area contributed by atoms with Gasteiger partial charge in [-0.15, -0.1) is 0 Å². The Kier molecular flexibility index (Phi) is 7.28. The van der Waals surface area contributed by atoms with Gasteiger partial charge in [-0.1, -0.05) is 67.4 Å². The maximum atomic E-state index is 14.2. The lowest BCUT2D eigenvalue weighted by Gasteiger charge is -2.12. The van der Waals surface area contributed by atoms with Gasteiger partial charge in [-0.2, -0.15) is 23.4 Å². The number of alkyl halides is 3. The Balaban J connectivity index is 1.49. The second-order valence-electron chi connectivity index (χ2n) is 9.27. The minimum Gasteiger partial charge on any atom is -0.304 e. The molecule has 0 saturated carbocycles. The molecule has 3 aromatic heterocycles. The fraction of sp³-hybridized carbons (Fsp3) is 0.185. The summed E-state index contributed by atoms with van der Waals surface area (Å²) in [5.41, 5.74) is 0.0225. The number of nitrogens with one attached hydrogen (secondary N) is 1. The predicted molar refractivity (Wildman–Crippen MR) is 143 cm³/mol. The number of amides is 1. The van der Waals surface area contributed by atoms with E-state index in [4.69, 9.17) is 23.2 Å². The maximum Gasteiger partial charge on any atom is 0.433 e. The number of aromatic nitrogens is 5. The fourth-order valence-corrected chi connectivity index (χ4v) is 4.52. The molecule has 7 nitrogen and oxygen atoms in total. The van der Waals surface area contributed by atoms with Crippen molar-refractivity contribution in [2.75, 3.05) is 5.32 Å². The van der Waals surface area contributed by atoms with E-state index >= 15 is 0 Å². The SMILES string of the molecule is CC(C)c1ccc(-c2cc(C(F)(F)F)n3ncc(C(=O)Nc4nn(Cc5c(F)cccc5Cl)cc4Cl)c3n2)cc1. The highest BCUT2D eigenvalue weighted by molar-refractivity contribution is 6.33. The van der Waals surface area contributed by atoms with Crippen LogP contribution in [-0.2, 0) is 12.7 Å². The van der Waals surface area contributed by atoms with Crippen molar-refractivity contribution < 1.29 is 22.4 Å². The van der Waals surface area contributed by atoms with Gasteiger partial charge in [-0.3, -0.25) is 9.48 Å². The van der Waals surface area contributed by atoms with Gasteiger partial charge in [0, 0.05) is 22.3 Å². The molecule has 5 aromatic rings. The highest BCUT2D eigenvalue weighted by Crippen LogP contribution is 2.33. The van der Waals surface area contributed by atoms with Gasteiger partial charge < -0.3 is 5.32 Å². The number of carbonyl (C=O) groups is 1. The highest BCUT2D eigenvalue weighted by Gasteiger charge is 2.36. The van der Waals surface area contributed by atoms with E-state index in [-0.39, 0.29) is 50.8 Å². The van der Waals surface area contributed by atoms with Gasteiger partial charge in [0.15, 0.2) is 17.2 Å². The van der Waals surface area contributed by atoms with Crippen LogP contribution in [0.3, 0.4) is 0 Å². The third-order valence-corrected chi connectivity index (χ3v) is 6.84. The predicted octanol–water partition coefficient (Wildman–Crippen LogP) is 7.48. The summed E-state index contributed by atoms with van der Waals surface area (Å²) >= 11 is 12.3. The molecule has 0 radical (unpaired) electrons. The molecule has 1 amide bonds. The highest BCUT2D eigenvalue weighted by atomic mass is 35.5. The molecule has 206 valence electrons. The van der Waals surface area contributed by atoms with E-state index < -0.39 is 23.6 Å². The second kappa shape index (κ2) is 10.5. The van der Waals surface area contributed by atoms with Gasteiger partial charge in [-0.25, -0.2) is 13.9 Å². The van der Waals surface area contributed by atoms with E-state index in [0.717, 1.165) is 17.8 Å². The van der Waals surface area contributed by atoms with E-state index in [1.54, 1.807) is 12.1 Å². The Morgan fingerprint density at radius 1 is 1.07 bits per heavy atom. The summed E-state index contributed by atoms with van der Waals surface area (Å²) in [5.74, 6) is -1.23. The average molecular weight is 591 g/mol. The molecular formula is C27H20Cl2F4N6O. The third kappa shape index (κ3) is 5.39. The van der Waals surface area contributed by atoms with Crippen molar-refractivity contribution in [3.8, 4) is 11.3 Å². The number of hydrogen-bond donors (Lipinski definition) is 1. The maximum absolute atomic E-state index is 14.2. The van der Waals surface area contributed by atoms with Crippen LogP contribution in [0.25, 0.3) is 16.9 Å². The van der Waals surface area contributed by atoms with Crippen LogP contribution in [-0.4, -0.2) is 30.3 Å². The van der Waals surface area contributed by atoms with Crippen LogP contribution in [0.15, 0.2) is 60.9 Å². The number of anilines is 1. The first-order chi connectivity index (χ1) is 18.9. The van der Waals surface area contributed by atoms with E-state index in [9.17, 15) is 22.4 Å². The zero-order valence-electron chi connectivity index (χ0n) is 21.0. The minimum absolute atomic E-state index is 0.0205. The van der Waals surface area contributed by atoms with Crippen molar-refractivity contribution in [1.29, 1.82) is 0 Å². The van der Waals surface area contributed by atoms with Crippen molar-refractivity contribution in [3.63, 3.8) is 0 Å². The number of fused-ring (bicyclic) bond motifs is 1. The monoisotopic (exact) mass is 590 g/mol. The first-order valence-electron chi connectivity index (χ1n) is 12.0. The molecule has 1 N–H and O–H groups in total. The molecule has 0 fully saturated rings. The number of rotatable bonds is 6. The van der Waals surface area contributed by atoms with Crippen molar-refractivity contribution in [3.05, 3.63) is 99.2 Å². The molecular weight excluding hydrogens is 571 g/mol. The van der Waals surface area contributed by atoms with Crippen molar-refractivity contribution in [2.45, 2.75) is 32.5 Å². The lowest BCUT2D eigenvalue weighted by atomic mass is 10.0. The number of hydrogen-bond acceptors (Lipinski definition) is 4. The van der Waals surface area contributed by atoms with Crippen molar-refractivity contribution in [1.82, 2.24) is 24.4 Å². The lowest BCUT2D eigenvalue weighted by molar-refractivity contribution is -0.142. The molecule has 0 aliphatic rings. The second-order valence-corrected chi connectivity index (χ2v) is 10.1. The van der Waals surface area contributed by atoms with Crippen LogP contribution in [0.2, 0.25) is 10.0 Å². The average Bonchev–Trinajstić information content (AvgIpc) is 3.48. The largest absolute Gasteiger partial charge is 0.433 e. The topological polar surface area (TPSA) is 77.1 Å². The van der Waals surface area contributed by atoms with Crippen molar-refractivity contribution in [2.24, 2.45) is 0 Å². The zero-order chi connectivity index (χ0) is 28.8. The third-order valence-electron chi connectivity index (χ3n) is 6.21. The van der Waals surface area contributed by atoms with Crippen LogP contribution in [0.4, 0.5) is 23.4 Å². The van der Waals surface area contributed by atoms with Gasteiger partial charge in [0.05, 0.1) is 18.4 Å². The summed E-state index contributed by atoms with van der Waals surface area (Å²) in [6.07, 6.45) is -2.43. The molecule has 0 bridgehead atoms. The Morgan fingerprint density at radius 3 is 2.45 bits per heavy atom. The molecule has 0 unspecified atom stereocenters. The smallest absolute Gasteiger partial charge is 0.304 e. The van der Waals surface area contributed by atoms with Crippen molar-refractivity contribution >= 4 is 40.6 Å². The standard InChI is InChI=1S/C27H20Cl2F4N6O/c1-14(2)15-6-8-16(9-7-15)22-10-23(27(31,32)33)39-25(35-22)17(11-34-39)26(40)36-24-20(29)13-38(37-24)12-18-19(28)4-3-5-21(18)30/h3-11,13-14H,12H2,1-2H3,(H,36,37,40). The van der Waals surface area contributed by atoms with Gasteiger partial charge in [0.25, 0.3) is 5.91 Å². The van der Waals surface area contributed by atoms with Crippen LogP contribution in [0.1, 0.15) is 46.9 Å². The number of halogens is 6. The molecule has 40 heavy (non-hydrogen) atoms. The van der Waals surface area contributed by atoms with E-state index in [1.165, 1.54) is 29.1 Å². The van der Waals surface area contributed by atoms with Gasteiger partial charge in [-0.05, 0) is 29.7 Å². The molecule has 0 saturated heterocycles. The number of nitrogens with zero attached hydrogens (tertiary/aromatic N) is 5. The van der Waals surface area contributed by atoms with Gasteiger partial charge in [0.1, 0.15) is 16.4 Å². The summed E-state index contributed by atoms with van der Waals surface area (Å²) in [7, 11) is 0. The van der Waals surface area contributed by atoms with E-state index in [2.05, 4.69) is 20.5 Å². The normalized spacial score (nSPS) is 11.9. The molecule has 13 heteroatoms. The summed E-state index contributed by atoms with van der Waals surface area (Å²) in [5, 5.41) is 10.6. The lowest BCUT2D eigenvalue weighted by Crippen LogP contribution is -2.16. The molecule has 5 rings (SSSR count). The van der Waals surface area contributed by atoms with Gasteiger partial charge in [0.2, 0.25) is 0 Å². The fourth-order valence-electron chi connectivity index (χ4n) is 4.09. The summed E-state index contributed by atoms with van der Waals surface area (Å²) in [6.45, 7) is 3.93. The Labute approximate surface area is 235 Å².